The smallest absolute Gasteiger partial charge is 0 e. The lowest BCUT2D eigenvalue weighted by molar-refractivity contribution is 0.778. The maximum absolute atomic E-state index is 2.46. The Kier molecular flexibility index (Phi) is 10.4. The van der Waals surface area contributed by atoms with Crippen LogP contribution in [0.2, 0.25) is 0 Å². The highest BCUT2D eigenvalue weighted by Crippen LogP contribution is 2.59. The molecular formula is C11H26B2P2. The Hall–Kier alpha value is 0.990. The summed E-state index contributed by atoms with van der Waals surface area (Å²) >= 11 is 0. The van der Waals surface area contributed by atoms with Crippen LogP contribution in [0.1, 0.15) is 41.5 Å². The van der Waals surface area contributed by atoms with Crippen LogP contribution in [0.25, 0.3) is 0 Å². The fraction of sp³-hybridized carbons (Fsp3) is 1.00. The molecule has 0 aliphatic heterocycles. The molecule has 1 unspecified atom stereocenters. The fourth-order valence-corrected chi connectivity index (χ4v) is 6.68. The number of hydrogen-bond donors (Lipinski definition) is 0. The third-order valence-corrected chi connectivity index (χ3v) is 10.7. The molecule has 0 bridgehead atoms. The van der Waals surface area contributed by atoms with Crippen molar-refractivity contribution in [1.29, 1.82) is 0 Å². The second-order valence-corrected chi connectivity index (χ2v) is 12.5. The lowest BCUT2D eigenvalue weighted by Crippen LogP contribution is -2.17. The second kappa shape index (κ2) is 7.34. The normalized spacial score (nSPS) is 16.0. The summed E-state index contributed by atoms with van der Waals surface area (Å²) in [5, 5.41) is 1.08. The Bertz CT molecular complexity index is 141. The first kappa shape index (κ1) is 21.3. The number of hydrogen-bond acceptors (Lipinski definition) is 0. The minimum absolute atomic E-state index is 0. The zero-order chi connectivity index (χ0) is 10.9. The summed E-state index contributed by atoms with van der Waals surface area (Å²) in [6, 6.07) is 0. The molecule has 0 heterocycles. The molecule has 0 aromatic heterocycles. The molecule has 0 amide bonds. The molecule has 15 heavy (non-hydrogen) atoms. The summed E-state index contributed by atoms with van der Waals surface area (Å²) in [6.07, 6.45) is 0. The largest absolute Gasteiger partial charge is 0.1000 e. The number of rotatable bonds is 2. The van der Waals surface area contributed by atoms with Crippen LogP contribution >= 0.6 is 15.8 Å². The van der Waals surface area contributed by atoms with Crippen LogP contribution in [0.5, 0.6) is 0 Å². The van der Waals surface area contributed by atoms with Gasteiger partial charge < -0.3 is 0 Å². The zero-order valence-electron chi connectivity index (χ0n) is 11.8. The molecule has 0 N–H and O–H groups in total. The summed E-state index contributed by atoms with van der Waals surface area (Å²) in [4.78, 5) is 0. The monoisotopic (exact) mass is 242 g/mol. The first-order chi connectivity index (χ1) is 5.55. The minimum atomic E-state index is 0. The van der Waals surface area contributed by atoms with Crippen molar-refractivity contribution in [2.75, 3.05) is 19.2 Å². The maximum Gasteiger partial charge on any atom is 0 e. The fourth-order valence-electron chi connectivity index (χ4n) is 0.742. The standard InChI is InChI=1S/C11H26P2.2B/c1-10(2,3)12(7)9-13(8)11(4,5)6;;/h9H2,1-8H3;;/t12-,13?;;/m1../s1. The van der Waals surface area contributed by atoms with Crippen LogP contribution < -0.4 is 0 Å². The molecular weight excluding hydrogens is 216 g/mol. The predicted molar refractivity (Wildman–Crippen MR) is 81.6 cm³/mol. The second-order valence-electron chi connectivity index (χ2n) is 5.88. The van der Waals surface area contributed by atoms with E-state index in [0.29, 0.717) is 10.3 Å². The van der Waals surface area contributed by atoms with Gasteiger partial charge in [0, 0.05) is 16.8 Å². The first-order valence-electron chi connectivity index (χ1n) is 4.97. The van der Waals surface area contributed by atoms with Crippen LogP contribution in [-0.4, -0.2) is 46.4 Å². The van der Waals surface area contributed by atoms with Crippen LogP contribution in [0.15, 0.2) is 0 Å². The van der Waals surface area contributed by atoms with Crippen LogP contribution in [0.4, 0.5) is 0 Å². The van der Waals surface area contributed by atoms with Gasteiger partial charge in [-0.3, -0.25) is 0 Å². The average Bonchev–Trinajstić information content (AvgIpc) is 1.82. The molecule has 0 spiro atoms. The van der Waals surface area contributed by atoms with Gasteiger partial charge in [0.1, 0.15) is 0 Å². The van der Waals surface area contributed by atoms with Crippen molar-refractivity contribution in [3.63, 3.8) is 0 Å². The van der Waals surface area contributed by atoms with Gasteiger partial charge in [-0.05, 0) is 29.5 Å². The molecule has 86 valence electrons. The van der Waals surface area contributed by atoms with E-state index in [0.717, 1.165) is 0 Å². The molecule has 0 saturated carbocycles. The van der Waals surface area contributed by atoms with Crippen molar-refractivity contribution in [3.05, 3.63) is 0 Å². The van der Waals surface area contributed by atoms with Crippen molar-refractivity contribution in [1.82, 2.24) is 0 Å². The lowest BCUT2D eigenvalue weighted by atomic mass is 10.3. The van der Waals surface area contributed by atoms with Gasteiger partial charge >= 0.3 is 0 Å². The quantitative estimate of drug-likeness (QED) is 0.507. The summed E-state index contributed by atoms with van der Waals surface area (Å²) in [5.41, 5.74) is 0. The molecule has 2 atom stereocenters. The van der Waals surface area contributed by atoms with Crippen LogP contribution in [-0.2, 0) is 0 Å². The molecule has 0 aliphatic rings. The zero-order valence-corrected chi connectivity index (χ0v) is 13.5. The van der Waals surface area contributed by atoms with E-state index in [9.17, 15) is 0 Å². The van der Waals surface area contributed by atoms with Gasteiger partial charge in [-0.1, -0.05) is 57.4 Å². The maximum atomic E-state index is 2.46. The highest BCUT2D eigenvalue weighted by molar-refractivity contribution is 7.75. The summed E-state index contributed by atoms with van der Waals surface area (Å²) in [6.45, 7) is 19.2. The van der Waals surface area contributed by atoms with Gasteiger partial charge in [0.15, 0.2) is 0 Å². The van der Waals surface area contributed by atoms with Gasteiger partial charge in [0.05, 0.1) is 0 Å². The Morgan fingerprint density at radius 1 is 0.667 bits per heavy atom. The Balaban J connectivity index is -0.000000720. The van der Waals surface area contributed by atoms with E-state index >= 15 is 0 Å². The van der Waals surface area contributed by atoms with Crippen molar-refractivity contribution >= 4 is 32.7 Å². The first-order valence-corrected chi connectivity index (χ1v) is 8.92. The van der Waals surface area contributed by atoms with Gasteiger partial charge in [0.25, 0.3) is 0 Å². The van der Waals surface area contributed by atoms with Gasteiger partial charge in [0.2, 0.25) is 0 Å². The van der Waals surface area contributed by atoms with E-state index in [1.165, 1.54) is 5.90 Å². The molecule has 0 fully saturated rings. The molecule has 0 aromatic carbocycles. The summed E-state index contributed by atoms with van der Waals surface area (Å²) < 4.78 is 0. The van der Waals surface area contributed by atoms with Crippen LogP contribution in [0, 0.1) is 0 Å². The van der Waals surface area contributed by atoms with E-state index in [4.69, 9.17) is 0 Å². The molecule has 0 aliphatic carbocycles. The van der Waals surface area contributed by atoms with Crippen molar-refractivity contribution in [3.8, 4) is 0 Å². The van der Waals surface area contributed by atoms with Crippen molar-refractivity contribution in [2.24, 2.45) is 0 Å². The molecule has 0 aromatic rings. The Morgan fingerprint density at radius 2 is 0.867 bits per heavy atom. The Labute approximate surface area is 104 Å². The summed E-state index contributed by atoms with van der Waals surface area (Å²) in [5.74, 6) is 1.47. The third kappa shape index (κ3) is 8.76. The SMILES string of the molecule is CP(C[P@@](C)C(C)(C)C)C(C)(C)C.[B].[B]. The molecule has 0 saturated heterocycles. The molecule has 0 nitrogen and oxygen atoms in total. The van der Waals surface area contributed by atoms with Gasteiger partial charge in [-0.15, -0.1) is 0 Å². The summed E-state index contributed by atoms with van der Waals surface area (Å²) in [7, 11) is 0.407. The third-order valence-electron chi connectivity index (χ3n) is 2.71. The van der Waals surface area contributed by atoms with Crippen molar-refractivity contribution < 1.29 is 0 Å². The molecule has 4 heteroatoms. The predicted octanol–water partition coefficient (Wildman–Crippen LogP) is 4.00. The topological polar surface area (TPSA) is 0 Å². The molecule has 0 rings (SSSR count). The van der Waals surface area contributed by atoms with Gasteiger partial charge in [-0.25, -0.2) is 0 Å². The van der Waals surface area contributed by atoms with Crippen molar-refractivity contribution in [2.45, 2.75) is 51.9 Å². The minimum Gasteiger partial charge on any atom is -0.1000 e. The van der Waals surface area contributed by atoms with Crippen LogP contribution in [0.3, 0.4) is 0 Å². The average molecular weight is 242 g/mol. The van der Waals surface area contributed by atoms with Gasteiger partial charge in [-0.2, -0.15) is 0 Å². The lowest BCUT2D eigenvalue weighted by Gasteiger charge is -2.35. The van der Waals surface area contributed by atoms with E-state index in [1.54, 1.807) is 0 Å². The molecule has 6 radical (unpaired) electrons. The van der Waals surface area contributed by atoms with E-state index in [1.807, 2.05) is 0 Å². The highest BCUT2D eigenvalue weighted by atomic mass is 31.2. The highest BCUT2D eigenvalue weighted by Gasteiger charge is 2.26. The Morgan fingerprint density at radius 3 is 1.00 bits per heavy atom. The van der Waals surface area contributed by atoms with E-state index in [-0.39, 0.29) is 32.7 Å². The van der Waals surface area contributed by atoms with E-state index in [2.05, 4.69) is 54.9 Å². The van der Waals surface area contributed by atoms with E-state index < -0.39 is 0 Å².